The third kappa shape index (κ3) is 3.16. The molecule has 0 aliphatic heterocycles. The molecule has 6 heteroatoms. The normalized spacial score (nSPS) is 22.1. The second kappa shape index (κ2) is 6.12. The molecule has 0 amide bonds. The fourth-order valence-electron chi connectivity index (χ4n) is 3.28. The van der Waals surface area contributed by atoms with Crippen molar-refractivity contribution in [1.29, 1.82) is 0 Å². The van der Waals surface area contributed by atoms with Gasteiger partial charge >= 0.3 is 6.18 Å². The summed E-state index contributed by atoms with van der Waals surface area (Å²) in [5.41, 5.74) is 0.847. The summed E-state index contributed by atoms with van der Waals surface area (Å²) in [6.45, 7) is 0.593. The minimum Gasteiger partial charge on any atom is -0.308 e. The number of alkyl halides is 3. The van der Waals surface area contributed by atoms with Gasteiger partial charge in [0, 0.05) is 24.5 Å². The minimum absolute atomic E-state index is 0.0619. The van der Waals surface area contributed by atoms with Gasteiger partial charge in [0.05, 0.1) is 5.56 Å². The molecular formula is C16H18F3N3. The Morgan fingerprint density at radius 1 is 1.18 bits per heavy atom. The summed E-state index contributed by atoms with van der Waals surface area (Å²) in [5.74, 6) is -0.0965. The smallest absolute Gasteiger partial charge is 0.308 e. The van der Waals surface area contributed by atoms with E-state index in [4.69, 9.17) is 0 Å². The first-order chi connectivity index (χ1) is 10.6. The van der Waals surface area contributed by atoms with E-state index >= 15 is 0 Å². The number of rotatable bonds is 4. The highest BCUT2D eigenvalue weighted by Crippen LogP contribution is 2.41. The largest absolute Gasteiger partial charge is 0.416 e. The maximum absolute atomic E-state index is 13.2. The molecule has 118 valence electrons. The van der Waals surface area contributed by atoms with E-state index in [-0.39, 0.29) is 12.0 Å². The average molecular weight is 309 g/mol. The summed E-state index contributed by atoms with van der Waals surface area (Å²) in [5, 5.41) is 10.1. The van der Waals surface area contributed by atoms with Gasteiger partial charge in [-0.2, -0.15) is 18.3 Å². The van der Waals surface area contributed by atoms with Crippen molar-refractivity contribution in [1.82, 2.24) is 15.5 Å². The molecule has 1 aliphatic carbocycles. The van der Waals surface area contributed by atoms with Crippen LogP contribution in [0.5, 0.6) is 0 Å². The van der Waals surface area contributed by atoms with Crippen LogP contribution in [0.1, 0.15) is 42.0 Å². The van der Waals surface area contributed by atoms with E-state index in [1.54, 1.807) is 18.3 Å². The Hall–Kier alpha value is -1.82. The molecule has 1 aromatic carbocycles. The Morgan fingerprint density at radius 2 is 2.00 bits per heavy atom. The second-order valence-electron chi connectivity index (χ2n) is 5.69. The number of H-pyrrole nitrogens is 1. The van der Waals surface area contributed by atoms with Crippen LogP contribution in [0, 0.1) is 0 Å². The molecule has 1 saturated carbocycles. The summed E-state index contributed by atoms with van der Waals surface area (Å²) in [6.07, 6.45) is -0.00849. The maximum atomic E-state index is 13.2. The van der Waals surface area contributed by atoms with E-state index in [1.165, 1.54) is 12.1 Å². The first-order valence-corrected chi connectivity index (χ1v) is 7.43. The molecule has 0 bridgehead atoms. The third-order valence-electron chi connectivity index (χ3n) is 4.29. The van der Waals surface area contributed by atoms with Crippen LogP contribution in [0.15, 0.2) is 36.5 Å². The number of aromatic amines is 1. The fraction of sp³-hybridized carbons (Fsp3) is 0.438. The van der Waals surface area contributed by atoms with E-state index in [0.29, 0.717) is 12.1 Å². The van der Waals surface area contributed by atoms with Crippen molar-refractivity contribution in [3.63, 3.8) is 0 Å². The summed E-state index contributed by atoms with van der Waals surface area (Å²) in [4.78, 5) is 0. The number of halogens is 3. The van der Waals surface area contributed by atoms with E-state index < -0.39 is 11.7 Å². The Kier molecular flexibility index (Phi) is 4.20. The van der Waals surface area contributed by atoms with E-state index in [0.717, 1.165) is 25.0 Å². The van der Waals surface area contributed by atoms with Gasteiger partial charge in [-0.1, -0.05) is 24.6 Å². The van der Waals surface area contributed by atoms with Crippen molar-refractivity contribution in [2.24, 2.45) is 0 Å². The molecule has 3 nitrogen and oxygen atoms in total. The molecular weight excluding hydrogens is 291 g/mol. The lowest BCUT2D eigenvalue weighted by molar-refractivity contribution is -0.138. The zero-order chi connectivity index (χ0) is 15.6. The first-order valence-electron chi connectivity index (χ1n) is 7.43. The SMILES string of the molecule is FC(F)(F)c1ccccc1[C@H]1CCC[C@H]1NCc1ccn[nH]1. The number of nitrogens with zero attached hydrogens (tertiary/aromatic N) is 1. The monoisotopic (exact) mass is 309 g/mol. The highest BCUT2D eigenvalue weighted by Gasteiger charge is 2.38. The van der Waals surface area contributed by atoms with Gasteiger partial charge in [-0.3, -0.25) is 5.10 Å². The zero-order valence-electron chi connectivity index (χ0n) is 12.0. The third-order valence-corrected chi connectivity index (χ3v) is 4.29. The molecule has 0 radical (unpaired) electrons. The van der Waals surface area contributed by atoms with Gasteiger partial charge in [0.1, 0.15) is 0 Å². The van der Waals surface area contributed by atoms with Crippen molar-refractivity contribution >= 4 is 0 Å². The van der Waals surface area contributed by atoms with Gasteiger partial charge < -0.3 is 5.32 Å². The summed E-state index contributed by atoms with van der Waals surface area (Å²) in [7, 11) is 0. The number of aromatic nitrogens is 2. The molecule has 2 N–H and O–H groups in total. The molecule has 1 fully saturated rings. The number of benzene rings is 1. The fourth-order valence-corrected chi connectivity index (χ4v) is 3.28. The number of hydrogen-bond donors (Lipinski definition) is 2. The van der Waals surface area contributed by atoms with Gasteiger partial charge in [-0.15, -0.1) is 0 Å². The molecule has 2 atom stereocenters. The lowest BCUT2D eigenvalue weighted by atomic mass is 9.89. The quantitative estimate of drug-likeness (QED) is 0.900. The van der Waals surface area contributed by atoms with Gasteiger partial charge in [-0.25, -0.2) is 0 Å². The molecule has 3 rings (SSSR count). The van der Waals surface area contributed by atoms with E-state index in [9.17, 15) is 13.2 Å². The van der Waals surface area contributed by atoms with Crippen molar-refractivity contribution in [3.05, 3.63) is 53.3 Å². The van der Waals surface area contributed by atoms with Crippen LogP contribution in [-0.4, -0.2) is 16.2 Å². The summed E-state index contributed by atoms with van der Waals surface area (Å²) >= 11 is 0. The highest BCUT2D eigenvalue weighted by atomic mass is 19.4. The van der Waals surface area contributed by atoms with Crippen molar-refractivity contribution in [2.75, 3.05) is 0 Å². The van der Waals surface area contributed by atoms with Gasteiger partial charge in [0.15, 0.2) is 0 Å². The van der Waals surface area contributed by atoms with Crippen LogP contribution in [0.25, 0.3) is 0 Å². The van der Waals surface area contributed by atoms with Crippen LogP contribution >= 0.6 is 0 Å². The standard InChI is InChI=1S/C16H18F3N3/c17-16(18,19)14-6-2-1-4-12(14)13-5-3-7-15(13)20-10-11-8-9-21-22-11/h1-2,4,6,8-9,13,15,20H,3,5,7,10H2,(H,21,22)/t13-,15-/m1/s1. The maximum Gasteiger partial charge on any atom is 0.416 e. The molecule has 0 unspecified atom stereocenters. The van der Waals surface area contributed by atoms with Crippen LogP contribution < -0.4 is 5.32 Å². The lowest BCUT2D eigenvalue weighted by Crippen LogP contribution is -2.31. The van der Waals surface area contributed by atoms with Gasteiger partial charge in [0.25, 0.3) is 0 Å². The van der Waals surface area contributed by atoms with Crippen LogP contribution in [-0.2, 0) is 12.7 Å². The molecule has 1 aromatic heterocycles. The van der Waals surface area contributed by atoms with Crippen molar-refractivity contribution in [3.8, 4) is 0 Å². The Bertz CT molecular complexity index is 607. The average Bonchev–Trinajstić information content (AvgIpc) is 3.15. The van der Waals surface area contributed by atoms with Crippen LogP contribution in [0.4, 0.5) is 13.2 Å². The molecule has 0 spiro atoms. The zero-order valence-corrected chi connectivity index (χ0v) is 12.0. The molecule has 1 heterocycles. The molecule has 22 heavy (non-hydrogen) atoms. The Morgan fingerprint density at radius 3 is 2.73 bits per heavy atom. The predicted octanol–water partition coefficient (Wildman–Crippen LogP) is 3.85. The molecule has 0 saturated heterocycles. The number of nitrogens with one attached hydrogen (secondary N) is 2. The Balaban J connectivity index is 1.78. The summed E-state index contributed by atoms with van der Waals surface area (Å²) < 4.78 is 39.6. The molecule has 2 aromatic rings. The lowest BCUT2D eigenvalue weighted by Gasteiger charge is -2.24. The minimum atomic E-state index is -4.30. The summed E-state index contributed by atoms with van der Waals surface area (Å²) in [6, 6.07) is 7.86. The topological polar surface area (TPSA) is 40.7 Å². The first kappa shape index (κ1) is 15.1. The predicted molar refractivity (Wildman–Crippen MR) is 77.3 cm³/mol. The second-order valence-corrected chi connectivity index (χ2v) is 5.69. The number of hydrogen-bond acceptors (Lipinski definition) is 2. The van der Waals surface area contributed by atoms with E-state index in [1.807, 2.05) is 6.07 Å². The van der Waals surface area contributed by atoms with E-state index in [2.05, 4.69) is 15.5 Å². The van der Waals surface area contributed by atoms with Gasteiger partial charge in [-0.05, 0) is 36.5 Å². The van der Waals surface area contributed by atoms with Crippen LogP contribution in [0.2, 0.25) is 0 Å². The highest BCUT2D eigenvalue weighted by molar-refractivity contribution is 5.34. The Labute approximate surface area is 126 Å². The van der Waals surface area contributed by atoms with Crippen LogP contribution in [0.3, 0.4) is 0 Å². The van der Waals surface area contributed by atoms with Gasteiger partial charge in [0.2, 0.25) is 0 Å². The van der Waals surface area contributed by atoms with Crippen molar-refractivity contribution < 1.29 is 13.2 Å². The van der Waals surface area contributed by atoms with Crippen molar-refractivity contribution in [2.45, 2.75) is 43.9 Å². The molecule has 1 aliphatic rings.